The van der Waals surface area contributed by atoms with Gasteiger partial charge >= 0.3 is 17.6 Å². The third-order valence-corrected chi connectivity index (χ3v) is 3.65. The standard InChI is InChI=1S/C16H37N3.GeH4/c1-17(2)13-7-10-16(11-8-14-18(3)4)12-9-15-19(5)6;/h16H,7-15H2,1-6H3;1H4. The van der Waals surface area contributed by atoms with Crippen LogP contribution in [-0.2, 0) is 0 Å². The van der Waals surface area contributed by atoms with Crippen molar-refractivity contribution in [2.45, 2.75) is 38.5 Å². The van der Waals surface area contributed by atoms with E-state index in [9.17, 15) is 0 Å². The summed E-state index contributed by atoms with van der Waals surface area (Å²) in [6.45, 7) is 3.70. The van der Waals surface area contributed by atoms with Gasteiger partial charge in [-0.15, -0.1) is 0 Å². The Kier molecular flexibility index (Phi) is 16.3. The van der Waals surface area contributed by atoms with E-state index in [0.29, 0.717) is 0 Å². The Labute approximate surface area is 139 Å². The van der Waals surface area contributed by atoms with Gasteiger partial charge in [0.2, 0.25) is 0 Å². The van der Waals surface area contributed by atoms with Crippen LogP contribution >= 0.6 is 0 Å². The Morgan fingerprint density at radius 2 is 0.800 bits per heavy atom. The van der Waals surface area contributed by atoms with Gasteiger partial charge in [-0.1, -0.05) is 0 Å². The Morgan fingerprint density at radius 3 is 1.00 bits per heavy atom. The van der Waals surface area contributed by atoms with Gasteiger partial charge in [0.1, 0.15) is 0 Å². The predicted molar refractivity (Wildman–Crippen MR) is 98.2 cm³/mol. The molecule has 0 saturated heterocycles. The van der Waals surface area contributed by atoms with Crippen molar-refractivity contribution >= 4 is 17.6 Å². The Morgan fingerprint density at radius 1 is 0.550 bits per heavy atom. The summed E-state index contributed by atoms with van der Waals surface area (Å²) < 4.78 is 0. The zero-order chi connectivity index (χ0) is 14.7. The SMILES string of the molecule is CN(C)CCCC(CCCN(C)C)CCCN(C)C.[GeH4]. The van der Waals surface area contributed by atoms with Crippen LogP contribution in [0.4, 0.5) is 0 Å². The van der Waals surface area contributed by atoms with Crippen LogP contribution in [0.3, 0.4) is 0 Å². The molecule has 0 N–H and O–H groups in total. The van der Waals surface area contributed by atoms with Crippen molar-refractivity contribution in [3.8, 4) is 0 Å². The van der Waals surface area contributed by atoms with Crippen molar-refractivity contribution in [2.24, 2.45) is 5.92 Å². The summed E-state index contributed by atoms with van der Waals surface area (Å²) in [5.74, 6) is 0.930. The fraction of sp³-hybridized carbons (Fsp3) is 1.00. The molecule has 124 valence electrons. The van der Waals surface area contributed by atoms with Crippen molar-refractivity contribution in [1.29, 1.82) is 0 Å². The molecule has 0 aliphatic carbocycles. The number of hydrogen-bond donors (Lipinski definition) is 0. The summed E-state index contributed by atoms with van der Waals surface area (Å²) in [7, 11) is 13.0. The molecule has 20 heavy (non-hydrogen) atoms. The van der Waals surface area contributed by atoms with E-state index in [-0.39, 0.29) is 17.6 Å². The first-order valence-electron chi connectivity index (χ1n) is 7.86. The topological polar surface area (TPSA) is 9.72 Å². The van der Waals surface area contributed by atoms with E-state index in [1.165, 1.54) is 58.2 Å². The fourth-order valence-corrected chi connectivity index (χ4v) is 2.52. The summed E-state index contributed by atoms with van der Waals surface area (Å²) in [5.41, 5.74) is 0. The van der Waals surface area contributed by atoms with Crippen molar-refractivity contribution in [3.63, 3.8) is 0 Å². The average molecular weight is 348 g/mol. The molecule has 0 fully saturated rings. The van der Waals surface area contributed by atoms with Crippen LogP contribution in [0.1, 0.15) is 38.5 Å². The third kappa shape index (κ3) is 16.5. The number of hydrogen-bond acceptors (Lipinski definition) is 3. The van der Waals surface area contributed by atoms with Gasteiger partial charge in [0.25, 0.3) is 0 Å². The van der Waals surface area contributed by atoms with Gasteiger partial charge in [-0.25, -0.2) is 0 Å². The molecule has 0 rings (SSSR count). The van der Waals surface area contributed by atoms with Crippen molar-refractivity contribution in [1.82, 2.24) is 14.7 Å². The molecule has 3 nitrogen and oxygen atoms in total. The van der Waals surface area contributed by atoms with Gasteiger partial charge < -0.3 is 14.7 Å². The van der Waals surface area contributed by atoms with E-state index < -0.39 is 0 Å². The van der Waals surface area contributed by atoms with Crippen LogP contribution < -0.4 is 0 Å². The molecule has 4 heteroatoms. The monoisotopic (exact) mass is 349 g/mol. The van der Waals surface area contributed by atoms with E-state index in [1.807, 2.05) is 0 Å². The van der Waals surface area contributed by atoms with Gasteiger partial charge in [0.05, 0.1) is 0 Å². The van der Waals surface area contributed by atoms with Gasteiger partial charge in [0, 0.05) is 0 Å². The first-order chi connectivity index (χ1) is 8.91. The molecule has 0 aromatic rings. The minimum atomic E-state index is 0. The summed E-state index contributed by atoms with van der Waals surface area (Å²) >= 11 is 0. The molecular weight excluding hydrogens is 307 g/mol. The van der Waals surface area contributed by atoms with Crippen LogP contribution in [0.2, 0.25) is 0 Å². The number of nitrogens with zero attached hydrogens (tertiary/aromatic N) is 3. The molecule has 0 aromatic heterocycles. The fourth-order valence-electron chi connectivity index (χ4n) is 2.52. The van der Waals surface area contributed by atoms with E-state index >= 15 is 0 Å². The first kappa shape index (κ1) is 22.7. The number of rotatable bonds is 12. The molecule has 0 atom stereocenters. The normalized spacial score (nSPS) is 11.7. The summed E-state index contributed by atoms with van der Waals surface area (Å²) in [6.07, 6.45) is 8.25. The molecule has 0 aliphatic rings. The molecule has 0 amide bonds. The van der Waals surface area contributed by atoms with E-state index in [0.717, 1.165) is 5.92 Å². The molecular formula is C16H41GeN3. The van der Waals surface area contributed by atoms with E-state index in [2.05, 4.69) is 57.0 Å². The Balaban J connectivity index is 0. The second-order valence-electron chi connectivity index (χ2n) is 6.70. The maximum atomic E-state index is 2.30. The van der Waals surface area contributed by atoms with E-state index in [4.69, 9.17) is 0 Å². The Hall–Kier alpha value is 0.423. The molecule has 0 aliphatic heterocycles. The van der Waals surface area contributed by atoms with Gasteiger partial charge in [0.15, 0.2) is 0 Å². The molecule has 0 bridgehead atoms. The molecule has 0 spiro atoms. The van der Waals surface area contributed by atoms with Gasteiger partial charge in [-0.3, -0.25) is 0 Å². The zero-order valence-electron chi connectivity index (χ0n) is 14.3. The molecule has 0 saturated carbocycles. The van der Waals surface area contributed by atoms with Crippen LogP contribution in [0.15, 0.2) is 0 Å². The summed E-state index contributed by atoms with van der Waals surface area (Å²) in [5, 5.41) is 0. The van der Waals surface area contributed by atoms with Crippen LogP contribution in [0.5, 0.6) is 0 Å². The first-order valence-corrected chi connectivity index (χ1v) is 7.86. The van der Waals surface area contributed by atoms with Crippen molar-refractivity contribution in [3.05, 3.63) is 0 Å². The minimum absolute atomic E-state index is 0. The maximum absolute atomic E-state index is 2.30. The average Bonchev–Trinajstić information content (AvgIpc) is 2.26. The Bertz CT molecular complexity index is 163. The van der Waals surface area contributed by atoms with Crippen LogP contribution in [0.25, 0.3) is 0 Å². The van der Waals surface area contributed by atoms with E-state index in [1.54, 1.807) is 0 Å². The van der Waals surface area contributed by atoms with Gasteiger partial charge in [-0.05, 0) is 106 Å². The predicted octanol–water partition coefficient (Wildman–Crippen LogP) is 1.18. The molecule has 0 aromatic carbocycles. The molecule has 0 unspecified atom stereocenters. The molecule has 0 heterocycles. The summed E-state index contributed by atoms with van der Waals surface area (Å²) in [6, 6.07) is 0. The van der Waals surface area contributed by atoms with Crippen molar-refractivity contribution < 1.29 is 0 Å². The second-order valence-corrected chi connectivity index (χ2v) is 6.70. The van der Waals surface area contributed by atoms with Crippen LogP contribution in [-0.4, -0.2) is 94.2 Å². The van der Waals surface area contributed by atoms with Crippen molar-refractivity contribution in [2.75, 3.05) is 61.9 Å². The second kappa shape index (κ2) is 14.4. The molecule has 0 radical (unpaired) electrons. The van der Waals surface area contributed by atoms with Crippen LogP contribution in [0, 0.1) is 5.92 Å². The third-order valence-electron chi connectivity index (χ3n) is 3.65. The quantitative estimate of drug-likeness (QED) is 0.491. The zero-order valence-corrected chi connectivity index (χ0v) is 14.3. The van der Waals surface area contributed by atoms with Gasteiger partial charge in [-0.2, -0.15) is 0 Å². The summed E-state index contributed by atoms with van der Waals surface area (Å²) in [4.78, 5) is 6.91.